The number of carboxylic acids is 1. The molecule has 1 aliphatic rings. The van der Waals surface area contributed by atoms with Gasteiger partial charge in [-0.1, -0.05) is 34.8 Å². The van der Waals surface area contributed by atoms with E-state index in [1.54, 1.807) is 0 Å². The zero-order chi connectivity index (χ0) is 15.6. The lowest BCUT2D eigenvalue weighted by Crippen LogP contribution is -2.44. The van der Waals surface area contributed by atoms with Crippen LogP contribution in [0.15, 0.2) is 12.1 Å². The predicted molar refractivity (Wildman–Crippen MR) is 82.4 cm³/mol. The molecular formula is C13H13Cl3N2O3. The van der Waals surface area contributed by atoms with E-state index in [9.17, 15) is 9.59 Å². The Balaban J connectivity index is 2.10. The first-order chi connectivity index (χ1) is 9.88. The van der Waals surface area contributed by atoms with Gasteiger partial charge in [0.05, 0.1) is 21.7 Å². The van der Waals surface area contributed by atoms with Crippen molar-refractivity contribution < 1.29 is 14.7 Å². The van der Waals surface area contributed by atoms with Gasteiger partial charge in [0.1, 0.15) is 0 Å². The fourth-order valence-electron chi connectivity index (χ4n) is 2.21. The normalized spacial score (nSPS) is 18.4. The fourth-order valence-corrected chi connectivity index (χ4v) is 3.12. The Morgan fingerprint density at radius 1 is 1.24 bits per heavy atom. The summed E-state index contributed by atoms with van der Waals surface area (Å²) in [5, 5.41) is 12.5. The number of anilines is 1. The molecule has 1 aliphatic heterocycles. The number of halogens is 3. The van der Waals surface area contributed by atoms with Gasteiger partial charge in [-0.15, -0.1) is 0 Å². The number of piperidine rings is 1. The van der Waals surface area contributed by atoms with Crippen molar-refractivity contribution in [2.24, 2.45) is 5.92 Å². The van der Waals surface area contributed by atoms with Gasteiger partial charge in [0.25, 0.3) is 0 Å². The van der Waals surface area contributed by atoms with Crippen molar-refractivity contribution in [3.05, 3.63) is 27.2 Å². The average molecular weight is 352 g/mol. The number of urea groups is 1. The quantitative estimate of drug-likeness (QED) is 0.847. The van der Waals surface area contributed by atoms with Crippen LogP contribution in [-0.2, 0) is 4.79 Å². The standard InChI is InChI=1S/C13H13Cl3N2O3/c14-8-4-9(15)11(10(16)5-8)17-13(21)18-3-1-2-7(6-18)12(19)20/h4-5,7H,1-3,6H2,(H,17,21)(H,19,20)/t7-/m1/s1. The smallest absolute Gasteiger partial charge is 0.321 e. The van der Waals surface area contributed by atoms with Gasteiger partial charge in [0, 0.05) is 18.1 Å². The third kappa shape index (κ3) is 3.93. The Kier molecular flexibility index (Phi) is 5.19. The molecule has 1 saturated heterocycles. The molecule has 1 fully saturated rings. The molecule has 2 rings (SSSR count). The minimum atomic E-state index is -0.893. The first kappa shape index (κ1) is 16.2. The summed E-state index contributed by atoms with van der Waals surface area (Å²) in [7, 11) is 0. The number of aliphatic carboxylic acids is 1. The molecule has 0 spiro atoms. The predicted octanol–water partition coefficient (Wildman–Crippen LogP) is 3.98. The summed E-state index contributed by atoms with van der Waals surface area (Å²) >= 11 is 17.8. The molecular weight excluding hydrogens is 339 g/mol. The molecule has 0 radical (unpaired) electrons. The second-order valence-electron chi connectivity index (χ2n) is 4.80. The number of likely N-dealkylation sites (tertiary alicyclic amines) is 1. The molecule has 1 aromatic carbocycles. The van der Waals surface area contributed by atoms with E-state index in [4.69, 9.17) is 39.9 Å². The summed E-state index contributed by atoms with van der Waals surface area (Å²) in [6.45, 7) is 0.669. The Bertz CT molecular complexity index is 557. The zero-order valence-electron chi connectivity index (χ0n) is 10.9. The maximum absolute atomic E-state index is 12.2. The molecule has 0 unspecified atom stereocenters. The highest BCUT2D eigenvalue weighted by Gasteiger charge is 2.28. The maximum Gasteiger partial charge on any atom is 0.321 e. The molecule has 2 N–H and O–H groups in total. The van der Waals surface area contributed by atoms with Crippen LogP contribution in [0.3, 0.4) is 0 Å². The molecule has 2 amide bonds. The third-order valence-corrected chi connectivity index (χ3v) is 4.11. The van der Waals surface area contributed by atoms with Crippen LogP contribution < -0.4 is 5.32 Å². The van der Waals surface area contributed by atoms with E-state index in [1.165, 1.54) is 17.0 Å². The Labute approximate surface area is 136 Å². The second kappa shape index (κ2) is 6.73. The van der Waals surface area contributed by atoms with E-state index in [2.05, 4.69) is 5.32 Å². The van der Waals surface area contributed by atoms with E-state index < -0.39 is 17.9 Å². The van der Waals surface area contributed by atoms with E-state index in [-0.39, 0.29) is 22.3 Å². The molecule has 1 aromatic rings. The number of amides is 2. The number of nitrogens with one attached hydrogen (secondary N) is 1. The van der Waals surface area contributed by atoms with Crippen molar-refractivity contribution in [3.63, 3.8) is 0 Å². The summed E-state index contributed by atoms with van der Waals surface area (Å²) in [6, 6.07) is 2.52. The monoisotopic (exact) mass is 350 g/mol. The van der Waals surface area contributed by atoms with Gasteiger partial charge in [0.15, 0.2) is 0 Å². The molecule has 21 heavy (non-hydrogen) atoms. The SMILES string of the molecule is O=C(O)[C@@H]1CCCN(C(=O)Nc2c(Cl)cc(Cl)cc2Cl)C1. The van der Waals surface area contributed by atoms with Crippen LogP contribution in [0.25, 0.3) is 0 Å². The van der Waals surface area contributed by atoms with E-state index in [0.29, 0.717) is 24.4 Å². The number of nitrogens with zero attached hydrogens (tertiary/aromatic N) is 1. The number of hydrogen-bond acceptors (Lipinski definition) is 2. The number of rotatable bonds is 2. The van der Waals surface area contributed by atoms with Gasteiger partial charge in [-0.25, -0.2) is 4.79 Å². The van der Waals surface area contributed by atoms with Crippen LogP contribution in [0.4, 0.5) is 10.5 Å². The van der Waals surface area contributed by atoms with Gasteiger partial charge in [-0.2, -0.15) is 0 Å². The second-order valence-corrected chi connectivity index (χ2v) is 6.05. The molecule has 8 heteroatoms. The molecule has 5 nitrogen and oxygen atoms in total. The summed E-state index contributed by atoms with van der Waals surface area (Å²) in [5.41, 5.74) is 0.269. The largest absolute Gasteiger partial charge is 0.481 e. The molecule has 0 aliphatic carbocycles. The van der Waals surface area contributed by atoms with Gasteiger partial charge in [-0.05, 0) is 25.0 Å². The maximum atomic E-state index is 12.2. The highest BCUT2D eigenvalue weighted by Crippen LogP contribution is 2.34. The number of benzene rings is 1. The van der Waals surface area contributed by atoms with Crippen LogP contribution in [0.5, 0.6) is 0 Å². The van der Waals surface area contributed by atoms with Crippen molar-refractivity contribution in [3.8, 4) is 0 Å². The minimum Gasteiger partial charge on any atom is -0.481 e. The number of carbonyl (C=O) groups is 2. The van der Waals surface area contributed by atoms with Gasteiger partial charge >= 0.3 is 12.0 Å². The van der Waals surface area contributed by atoms with Gasteiger partial charge < -0.3 is 15.3 Å². The number of hydrogen-bond donors (Lipinski definition) is 2. The molecule has 0 bridgehead atoms. The van der Waals surface area contributed by atoms with Crippen LogP contribution in [0, 0.1) is 5.92 Å². The Hall–Kier alpha value is -1.17. The Morgan fingerprint density at radius 3 is 2.43 bits per heavy atom. The number of carbonyl (C=O) groups excluding carboxylic acids is 1. The third-order valence-electron chi connectivity index (χ3n) is 3.30. The lowest BCUT2D eigenvalue weighted by Gasteiger charge is -2.30. The van der Waals surface area contributed by atoms with E-state index in [0.717, 1.165) is 0 Å². The summed E-state index contributed by atoms with van der Waals surface area (Å²) < 4.78 is 0. The molecule has 114 valence electrons. The topological polar surface area (TPSA) is 69.6 Å². The molecule has 0 saturated carbocycles. The molecule has 0 aromatic heterocycles. The lowest BCUT2D eigenvalue weighted by molar-refractivity contribution is -0.143. The van der Waals surface area contributed by atoms with Gasteiger partial charge in [0.2, 0.25) is 0 Å². The highest BCUT2D eigenvalue weighted by molar-refractivity contribution is 6.42. The minimum absolute atomic E-state index is 0.171. The van der Waals surface area contributed by atoms with Crippen LogP contribution in [0.2, 0.25) is 15.1 Å². The lowest BCUT2D eigenvalue weighted by atomic mass is 9.99. The van der Waals surface area contributed by atoms with Crippen molar-refractivity contribution in [1.29, 1.82) is 0 Å². The van der Waals surface area contributed by atoms with Crippen molar-refractivity contribution in [1.82, 2.24) is 4.90 Å². The summed E-state index contributed by atoms with van der Waals surface area (Å²) in [5.74, 6) is -1.43. The first-order valence-corrected chi connectivity index (χ1v) is 7.45. The van der Waals surface area contributed by atoms with Crippen molar-refractivity contribution in [2.75, 3.05) is 18.4 Å². The van der Waals surface area contributed by atoms with Crippen molar-refractivity contribution >= 4 is 52.5 Å². The van der Waals surface area contributed by atoms with Gasteiger partial charge in [-0.3, -0.25) is 4.79 Å². The summed E-state index contributed by atoms with van der Waals surface area (Å²) in [4.78, 5) is 24.7. The molecule has 1 atom stereocenters. The average Bonchev–Trinajstić information content (AvgIpc) is 2.42. The van der Waals surface area contributed by atoms with Crippen LogP contribution in [-0.4, -0.2) is 35.1 Å². The summed E-state index contributed by atoms with van der Waals surface area (Å²) in [6.07, 6.45) is 1.22. The van der Waals surface area contributed by atoms with E-state index in [1.807, 2.05) is 0 Å². The van der Waals surface area contributed by atoms with Crippen LogP contribution in [0.1, 0.15) is 12.8 Å². The van der Waals surface area contributed by atoms with Crippen LogP contribution >= 0.6 is 34.8 Å². The zero-order valence-corrected chi connectivity index (χ0v) is 13.2. The first-order valence-electron chi connectivity index (χ1n) is 6.31. The van der Waals surface area contributed by atoms with Crippen molar-refractivity contribution in [2.45, 2.75) is 12.8 Å². The highest BCUT2D eigenvalue weighted by atomic mass is 35.5. The Morgan fingerprint density at radius 2 is 1.86 bits per heavy atom. The molecule has 1 heterocycles. The van der Waals surface area contributed by atoms with E-state index >= 15 is 0 Å². The number of carboxylic acid groups (broad SMARTS) is 1. The fraction of sp³-hybridized carbons (Fsp3) is 0.385.